The van der Waals surface area contributed by atoms with Gasteiger partial charge in [-0.15, -0.1) is 3.89 Å². The third-order valence-corrected chi connectivity index (χ3v) is 5.94. The number of nitrogens with zero attached hydrogens (tertiary/aromatic N) is 6. The van der Waals surface area contributed by atoms with E-state index in [1.807, 2.05) is 0 Å². The summed E-state index contributed by atoms with van der Waals surface area (Å²) in [6.07, 6.45) is 9.34. The van der Waals surface area contributed by atoms with Crippen molar-refractivity contribution >= 4 is 35.2 Å². The molecule has 1 unspecified atom stereocenters. The van der Waals surface area contributed by atoms with E-state index in [0.717, 1.165) is 25.7 Å². The van der Waals surface area contributed by atoms with Gasteiger partial charge in [-0.3, -0.25) is 9.48 Å². The van der Waals surface area contributed by atoms with E-state index in [1.165, 1.54) is 10.3 Å². The van der Waals surface area contributed by atoms with E-state index >= 15 is 0 Å². The molecule has 3 heterocycles. The molecule has 1 fully saturated rings. The van der Waals surface area contributed by atoms with Gasteiger partial charge in [-0.05, 0) is 24.8 Å². The van der Waals surface area contributed by atoms with Crippen molar-refractivity contribution in [3.63, 3.8) is 0 Å². The van der Waals surface area contributed by atoms with E-state index in [1.54, 1.807) is 23.1 Å². The molecule has 3 aromatic rings. The number of rotatable bonds is 8. The van der Waals surface area contributed by atoms with Gasteiger partial charge in [0.05, 0.1) is 29.8 Å². The maximum Gasteiger partial charge on any atom is 0.322 e. The normalized spacial score (nSPS) is 15.3. The summed E-state index contributed by atoms with van der Waals surface area (Å²) < 4.78 is 16.2. The van der Waals surface area contributed by atoms with Gasteiger partial charge < -0.3 is 10.4 Å². The summed E-state index contributed by atoms with van der Waals surface area (Å²) in [6.45, 7) is -0.314. The molecule has 0 amide bonds. The molecule has 4 rings (SSSR count). The van der Waals surface area contributed by atoms with Crippen LogP contribution in [-0.4, -0.2) is 41.3 Å². The van der Waals surface area contributed by atoms with Crippen LogP contribution in [0, 0.1) is 17.2 Å². The number of carboxylic acid groups (broad SMARTS) is 1. The summed E-state index contributed by atoms with van der Waals surface area (Å²) in [5.41, 5.74) is 1.52. The van der Waals surface area contributed by atoms with Crippen molar-refractivity contribution in [1.82, 2.24) is 23.7 Å². The van der Waals surface area contributed by atoms with Crippen molar-refractivity contribution in [1.29, 1.82) is 5.26 Å². The Labute approximate surface area is 176 Å². The van der Waals surface area contributed by atoms with Gasteiger partial charge in [0.25, 0.3) is 0 Å². The van der Waals surface area contributed by atoms with Crippen molar-refractivity contribution in [3.8, 4) is 17.3 Å². The first-order valence-electron chi connectivity index (χ1n) is 9.65. The zero-order valence-corrected chi connectivity index (χ0v) is 16.8. The number of carboxylic acids is 1. The van der Waals surface area contributed by atoms with Crippen LogP contribution >= 0.6 is 12.3 Å². The lowest BCUT2D eigenvalue weighted by Gasteiger charge is -2.21. The van der Waals surface area contributed by atoms with Gasteiger partial charge in [0.1, 0.15) is 12.9 Å². The minimum atomic E-state index is -1.02. The number of fused-ring (bicyclic) bond motifs is 1. The molecule has 30 heavy (non-hydrogen) atoms. The predicted molar refractivity (Wildman–Crippen MR) is 110 cm³/mol. The Bertz CT molecular complexity index is 1100. The molecule has 9 nitrogen and oxygen atoms in total. The van der Waals surface area contributed by atoms with Crippen LogP contribution in [0.3, 0.4) is 0 Å². The fourth-order valence-corrected chi connectivity index (χ4v) is 4.45. The minimum Gasteiger partial charge on any atom is -0.480 e. The van der Waals surface area contributed by atoms with Crippen LogP contribution in [0.2, 0.25) is 0 Å². The van der Waals surface area contributed by atoms with E-state index < -0.39 is 5.97 Å². The van der Waals surface area contributed by atoms with Crippen molar-refractivity contribution in [2.45, 2.75) is 38.1 Å². The number of nitrogens with one attached hydrogen (secondary N) is 1. The minimum absolute atomic E-state index is 0.0369. The Morgan fingerprint density at radius 1 is 1.43 bits per heavy atom. The second kappa shape index (κ2) is 8.71. The number of halogens is 1. The molecule has 156 valence electrons. The average Bonchev–Trinajstić information content (AvgIpc) is 3.49. The highest BCUT2D eigenvalue weighted by molar-refractivity contribution is 7.92. The molecule has 0 bridgehead atoms. The Morgan fingerprint density at radius 3 is 2.93 bits per heavy atom. The van der Waals surface area contributed by atoms with Crippen LogP contribution in [0.25, 0.3) is 22.3 Å². The number of nitriles is 1. The number of hydrogen-bond acceptors (Lipinski definition) is 7. The maximum atomic E-state index is 13.2. The summed E-state index contributed by atoms with van der Waals surface area (Å²) in [7, 11) is 0. The van der Waals surface area contributed by atoms with Gasteiger partial charge in [0, 0.05) is 17.8 Å². The molecule has 3 aromatic heterocycles. The zero-order chi connectivity index (χ0) is 21.1. The molecule has 0 radical (unpaired) electrons. The maximum absolute atomic E-state index is 13.2. The van der Waals surface area contributed by atoms with Gasteiger partial charge in [0.15, 0.2) is 23.8 Å². The smallest absolute Gasteiger partial charge is 0.322 e. The van der Waals surface area contributed by atoms with Crippen molar-refractivity contribution in [2.75, 3.05) is 11.9 Å². The molecule has 1 aliphatic rings. The SMILES string of the molecule is N#CCC(C1CCCC1)n1cc(-c2ncnc3c2ccn3SF)c(NCC(=O)O)n1. The standard InChI is InChI=1S/C19H20FN7O2S/c20-30-27-8-6-13-17(23-11-24-19(13)27)14-10-26(25-18(14)22-9-16(28)29)15(5-7-21)12-3-1-2-4-12/h6,8,10-12,15H,1-5,9H2,(H,22,25)(H,28,29). The van der Waals surface area contributed by atoms with Crippen LogP contribution in [-0.2, 0) is 4.79 Å². The van der Waals surface area contributed by atoms with Crippen molar-refractivity contribution < 1.29 is 13.8 Å². The van der Waals surface area contributed by atoms with E-state index in [9.17, 15) is 13.9 Å². The Kier molecular flexibility index (Phi) is 5.85. The summed E-state index contributed by atoms with van der Waals surface area (Å²) in [6, 6.07) is 3.86. The number of hydrogen-bond donors (Lipinski definition) is 2. The van der Waals surface area contributed by atoms with Gasteiger partial charge >= 0.3 is 5.97 Å². The fourth-order valence-electron chi connectivity index (χ4n) is 4.14. The molecule has 0 saturated heterocycles. The highest BCUT2D eigenvalue weighted by Gasteiger charge is 2.29. The molecule has 1 aliphatic carbocycles. The molecule has 0 aromatic carbocycles. The number of anilines is 1. The van der Waals surface area contributed by atoms with E-state index in [4.69, 9.17) is 5.11 Å². The number of aromatic nitrogens is 5. The van der Waals surface area contributed by atoms with Crippen molar-refractivity contribution in [3.05, 3.63) is 24.8 Å². The first-order valence-corrected chi connectivity index (χ1v) is 10.3. The summed E-state index contributed by atoms with van der Waals surface area (Å²) >= 11 is 0.0369. The topological polar surface area (TPSA) is 122 Å². The highest BCUT2D eigenvalue weighted by atomic mass is 32.2. The van der Waals surface area contributed by atoms with Crippen LogP contribution in [0.4, 0.5) is 9.70 Å². The molecular formula is C19H20FN7O2S. The van der Waals surface area contributed by atoms with Gasteiger partial charge in [-0.2, -0.15) is 10.4 Å². The predicted octanol–water partition coefficient (Wildman–Crippen LogP) is 3.82. The van der Waals surface area contributed by atoms with E-state index in [-0.39, 0.29) is 24.9 Å². The molecule has 2 N–H and O–H groups in total. The van der Waals surface area contributed by atoms with Crippen LogP contribution in [0.5, 0.6) is 0 Å². The lowest BCUT2D eigenvalue weighted by Crippen LogP contribution is -2.18. The lowest BCUT2D eigenvalue weighted by molar-refractivity contribution is -0.134. The molecular weight excluding hydrogens is 409 g/mol. The zero-order valence-electron chi connectivity index (χ0n) is 16.0. The largest absolute Gasteiger partial charge is 0.480 e. The third-order valence-electron chi connectivity index (χ3n) is 5.50. The molecule has 1 saturated carbocycles. The third kappa shape index (κ3) is 3.82. The number of carbonyl (C=O) groups is 1. The van der Waals surface area contributed by atoms with Crippen LogP contribution < -0.4 is 5.32 Å². The molecule has 1 atom stereocenters. The quantitative estimate of drug-likeness (QED) is 0.554. The van der Waals surface area contributed by atoms with E-state index in [2.05, 4.69) is 26.5 Å². The van der Waals surface area contributed by atoms with Crippen molar-refractivity contribution in [2.24, 2.45) is 5.92 Å². The Balaban J connectivity index is 1.81. The summed E-state index contributed by atoms with van der Waals surface area (Å²) in [5.74, 6) is -0.314. The van der Waals surface area contributed by atoms with Gasteiger partial charge in [0.2, 0.25) is 0 Å². The Morgan fingerprint density at radius 2 is 2.23 bits per heavy atom. The summed E-state index contributed by atoms with van der Waals surface area (Å²) in [4.78, 5) is 19.6. The van der Waals surface area contributed by atoms with Crippen LogP contribution in [0.15, 0.2) is 24.8 Å². The monoisotopic (exact) mass is 429 g/mol. The first-order chi connectivity index (χ1) is 14.6. The number of aliphatic carboxylic acids is 1. The average molecular weight is 429 g/mol. The van der Waals surface area contributed by atoms with Crippen LogP contribution in [0.1, 0.15) is 38.1 Å². The summed E-state index contributed by atoms with van der Waals surface area (Å²) in [5, 5.41) is 26.5. The van der Waals surface area contributed by atoms with Gasteiger partial charge in [-0.1, -0.05) is 12.8 Å². The first kappa shape index (κ1) is 20.2. The molecule has 0 spiro atoms. The lowest BCUT2D eigenvalue weighted by atomic mass is 9.96. The van der Waals surface area contributed by atoms with E-state index in [0.29, 0.717) is 40.4 Å². The second-order valence-electron chi connectivity index (χ2n) is 7.26. The second-order valence-corrected chi connectivity index (χ2v) is 7.79. The molecule has 11 heteroatoms. The Hall–Kier alpha value is -3.13. The van der Waals surface area contributed by atoms with Gasteiger partial charge in [-0.25, -0.2) is 13.9 Å². The highest BCUT2D eigenvalue weighted by Crippen LogP contribution is 2.39. The fraction of sp³-hybridized carbons (Fsp3) is 0.421. The molecule has 0 aliphatic heterocycles.